The fourth-order valence-electron chi connectivity index (χ4n) is 3.37. The Labute approximate surface area is 133 Å². The molecule has 2 aliphatic rings. The van der Waals surface area contributed by atoms with Gasteiger partial charge in [-0.15, -0.1) is 12.4 Å². The van der Waals surface area contributed by atoms with Gasteiger partial charge in [0, 0.05) is 45.6 Å². The van der Waals surface area contributed by atoms with Crippen molar-refractivity contribution in [3.8, 4) is 0 Å². The zero-order chi connectivity index (χ0) is 14.5. The molecule has 0 aromatic carbocycles. The number of amides is 2. The summed E-state index contributed by atoms with van der Waals surface area (Å²) in [5.41, 5.74) is 0. The molecule has 6 heteroatoms. The fourth-order valence-corrected chi connectivity index (χ4v) is 3.37. The van der Waals surface area contributed by atoms with Crippen molar-refractivity contribution in [3.05, 3.63) is 0 Å². The predicted octanol–water partition coefficient (Wildman–Crippen LogP) is 1.31. The molecule has 2 fully saturated rings. The summed E-state index contributed by atoms with van der Waals surface area (Å²) in [5.74, 6) is 0.805. The van der Waals surface area contributed by atoms with Gasteiger partial charge in [0.25, 0.3) is 0 Å². The number of hydrogen-bond acceptors (Lipinski definition) is 3. The third kappa shape index (κ3) is 5.83. The second-order valence-corrected chi connectivity index (χ2v) is 6.42. The van der Waals surface area contributed by atoms with E-state index in [1.807, 2.05) is 0 Å². The van der Waals surface area contributed by atoms with Gasteiger partial charge in [-0.3, -0.25) is 9.59 Å². The molecule has 2 N–H and O–H groups in total. The van der Waals surface area contributed by atoms with Gasteiger partial charge in [-0.1, -0.05) is 0 Å². The minimum Gasteiger partial charge on any atom is -0.356 e. The summed E-state index contributed by atoms with van der Waals surface area (Å²) >= 11 is 0. The van der Waals surface area contributed by atoms with Crippen LogP contribution in [0.4, 0.5) is 0 Å². The first-order valence-corrected chi connectivity index (χ1v) is 7.77. The van der Waals surface area contributed by atoms with Gasteiger partial charge in [0.2, 0.25) is 11.8 Å². The number of halogens is 1. The van der Waals surface area contributed by atoms with Crippen LogP contribution in [0.2, 0.25) is 0 Å². The van der Waals surface area contributed by atoms with Crippen molar-refractivity contribution in [1.29, 1.82) is 0 Å². The summed E-state index contributed by atoms with van der Waals surface area (Å²) < 4.78 is 0. The van der Waals surface area contributed by atoms with E-state index in [4.69, 9.17) is 0 Å². The Morgan fingerprint density at radius 3 is 2.38 bits per heavy atom. The highest BCUT2D eigenvalue weighted by molar-refractivity contribution is 5.85. The summed E-state index contributed by atoms with van der Waals surface area (Å²) in [6, 6.07) is 1.29. The number of nitrogens with zero attached hydrogens (tertiary/aromatic N) is 1. The standard InChI is InChI=1S/C15H27N3O2.ClH/c1-18(2)15(20)4-3-7-16-14(19)10-11-8-12-5-6-13(9-11)17-12;/h11-13,17H,3-10H2,1-2H3,(H,16,19);1H. The molecular formula is C15H28ClN3O2. The summed E-state index contributed by atoms with van der Waals surface area (Å²) in [6.07, 6.45) is 6.71. The molecule has 0 aliphatic carbocycles. The lowest BCUT2D eigenvalue weighted by Crippen LogP contribution is -2.39. The molecule has 2 saturated heterocycles. The maximum Gasteiger partial charge on any atom is 0.222 e. The number of rotatable bonds is 6. The van der Waals surface area contributed by atoms with E-state index < -0.39 is 0 Å². The molecule has 2 bridgehead atoms. The van der Waals surface area contributed by atoms with Crippen LogP contribution in [0.5, 0.6) is 0 Å². The Balaban J connectivity index is 0.00000220. The van der Waals surface area contributed by atoms with Crippen LogP contribution < -0.4 is 10.6 Å². The van der Waals surface area contributed by atoms with E-state index in [0.29, 0.717) is 37.4 Å². The van der Waals surface area contributed by atoms with Gasteiger partial charge in [-0.05, 0) is 38.0 Å². The molecule has 0 saturated carbocycles. The second-order valence-electron chi connectivity index (χ2n) is 6.42. The molecule has 0 radical (unpaired) electrons. The van der Waals surface area contributed by atoms with E-state index in [2.05, 4.69) is 10.6 Å². The molecule has 2 amide bonds. The number of fused-ring (bicyclic) bond motifs is 2. The van der Waals surface area contributed by atoms with Crippen molar-refractivity contribution >= 4 is 24.2 Å². The molecule has 0 aromatic heterocycles. The van der Waals surface area contributed by atoms with Gasteiger partial charge in [0.15, 0.2) is 0 Å². The molecular weight excluding hydrogens is 290 g/mol. The van der Waals surface area contributed by atoms with Crippen LogP contribution in [0.3, 0.4) is 0 Å². The summed E-state index contributed by atoms with van der Waals surface area (Å²) in [6.45, 7) is 0.607. The third-order valence-electron chi connectivity index (χ3n) is 4.43. The fraction of sp³-hybridized carbons (Fsp3) is 0.867. The number of hydrogen-bond donors (Lipinski definition) is 2. The summed E-state index contributed by atoms with van der Waals surface area (Å²) in [4.78, 5) is 24.9. The highest BCUT2D eigenvalue weighted by Crippen LogP contribution is 2.32. The highest BCUT2D eigenvalue weighted by atomic mass is 35.5. The Kier molecular flexibility index (Phi) is 7.46. The number of carbonyl (C=O) groups is 2. The SMILES string of the molecule is CN(C)C(=O)CCCNC(=O)CC1CC2CCC(C1)N2.Cl. The van der Waals surface area contributed by atoms with E-state index in [-0.39, 0.29) is 24.2 Å². The van der Waals surface area contributed by atoms with Gasteiger partial charge in [-0.25, -0.2) is 0 Å². The average molecular weight is 318 g/mol. The average Bonchev–Trinajstić information content (AvgIpc) is 2.73. The Morgan fingerprint density at radius 1 is 1.19 bits per heavy atom. The number of piperidine rings is 1. The number of carbonyl (C=O) groups excluding carboxylic acids is 2. The van der Waals surface area contributed by atoms with E-state index in [1.54, 1.807) is 19.0 Å². The van der Waals surface area contributed by atoms with Crippen molar-refractivity contribution in [2.45, 2.75) is 57.0 Å². The number of nitrogens with one attached hydrogen (secondary N) is 2. The molecule has 0 spiro atoms. The van der Waals surface area contributed by atoms with Crippen LogP contribution in [0, 0.1) is 5.92 Å². The Hall–Kier alpha value is -0.810. The molecule has 5 nitrogen and oxygen atoms in total. The predicted molar refractivity (Wildman–Crippen MR) is 85.5 cm³/mol. The quantitative estimate of drug-likeness (QED) is 0.726. The van der Waals surface area contributed by atoms with E-state index in [1.165, 1.54) is 12.8 Å². The van der Waals surface area contributed by atoms with Crippen LogP contribution in [-0.2, 0) is 9.59 Å². The topological polar surface area (TPSA) is 61.4 Å². The maximum atomic E-state index is 11.9. The smallest absolute Gasteiger partial charge is 0.222 e. The largest absolute Gasteiger partial charge is 0.356 e. The molecule has 0 aromatic rings. The van der Waals surface area contributed by atoms with E-state index >= 15 is 0 Å². The van der Waals surface area contributed by atoms with Gasteiger partial charge in [0.05, 0.1) is 0 Å². The van der Waals surface area contributed by atoms with Crippen molar-refractivity contribution in [3.63, 3.8) is 0 Å². The molecule has 2 unspecified atom stereocenters. The first-order valence-electron chi connectivity index (χ1n) is 7.77. The molecule has 2 aliphatic heterocycles. The zero-order valence-electron chi connectivity index (χ0n) is 13.1. The minimum absolute atomic E-state index is 0. The first kappa shape index (κ1) is 18.2. The minimum atomic E-state index is 0. The van der Waals surface area contributed by atoms with Crippen LogP contribution in [0.15, 0.2) is 0 Å². The van der Waals surface area contributed by atoms with Gasteiger partial charge >= 0.3 is 0 Å². The molecule has 2 heterocycles. The summed E-state index contributed by atoms with van der Waals surface area (Å²) in [5, 5.41) is 6.54. The van der Waals surface area contributed by atoms with E-state index in [0.717, 1.165) is 19.3 Å². The Bertz CT molecular complexity index is 351. The lowest BCUT2D eigenvalue weighted by atomic mass is 9.89. The lowest BCUT2D eigenvalue weighted by Gasteiger charge is -2.28. The molecule has 122 valence electrons. The third-order valence-corrected chi connectivity index (χ3v) is 4.43. The second kappa shape index (κ2) is 8.59. The zero-order valence-corrected chi connectivity index (χ0v) is 13.9. The molecule has 21 heavy (non-hydrogen) atoms. The van der Waals surface area contributed by atoms with Crippen LogP contribution in [-0.4, -0.2) is 49.4 Å². The van der Waals surface area contributed by atoms with Crippen molar-refractivity contribution in [2.24, 2.45) is 5.92 Å². The van der Waals surface area contributed by atoms with Crippen LogP contribution in [0.1, 0.15) is 44.9 Å². The molecule has 2 rings (SSSR count). The van der Waals surface area contributed by atoms with Crippen molar-refractivity contribution < 1.29 is 9.59 Å². The molecule has 2 atom stereocenters. The Morgan fingerprint density at radius 2 is 1.81 bits per heavy atom. The van der Waals surface area contributed by atoms with E-state index in [9.17, 15) is 9.59 Å². The maximum absolute atomic E-state index is 11.9. The summed E-state index contributed by atoms with van der Waals surface area (Å²) in [7, 11) is 3.51. The van der Waals surface area contributed by atoms with Gasteiger partial charge < -0.3 is 15.5 Å². The normalized spacial score (nSPS) is 26.9. The van der Waals surface area contributed by atoms with Gasteiger partial charge in [-0.2, -0.15) is 0 Å². The van der Waals surface area contributed by atoms with Crippen LogP contribution >= 0.6 is 12.4 Å². The van der Waals surface area contributed by atoms with Crippen molar-refractivity contribution in [1.82, 2.24) is 15.5 Å². The first-order chi connectivity index (χ1) is 9.54. The van der Waals surface area contributed by atoms with Crippen LogP contribution in [0.25, 0.3) is 0 Å². The van der Waals surface area contributed by atoms with Gasteiger partial charge in [0.1, 0.15) is 0 Å². The lowest BCUT2D eigenvalue weighted by molar-refractivity contribution is -0.129. The highest BCUT2D eigenvalue weighted by Gasteiger charge is 2.33. The monoisotopic (exact) mass is 317 g/mol. The van der Waals surface area contributed by atoms with Crippen molar-refractivity contribution in [2.75, 3.05) is 20.6 Å².